The van der Waals surface area contributed by atoms with E-state index in [-0.39, 0.29) is 0 Å². The minimum absolute atomic E-state index is 0.379. The highest BCUT2D eigenvalue weighted by Crippen LogP contribution is 2.38. The van der Waals surface area contributed by atoms with Gasteiger partial charge in [-0.3, -0.25) is 4.90 Å². The first-order valence-corrected chi connectivity index (χ1v) is 7.00. The normalized spacial score (nSPS) is 20.3. The number of rotatable bonds is 2. The van der Waals surface area contributed by atoms with Crippen molar-refractivity contribution < 1.29 is 0 Å². The molecule has 0 aliphatic carbocycles. The van der Waals surface area contributed by atoms with Crippen molar-refractivity contribution in [2.75, 3.05) is 0 Å². The van der Waals surface area contributed by atoms with Crippen LogP contribution < -0.4 is 0 Å². The van der Waals surface area contributed by atoms with Crippen molar-refractivity contribution in [3.63, 3.8) is 0 Å². The first kappa shape index (κ1) is 12.6. The Morgan fingerprint density at radius 3 is 2.68 bits per heavy atom. The highest BCUT2D eigenvalue weighted by molar-refractivity contribution is 6.29. The zero-order valence-electron chi connectivity index (χ0n) is 11.2. The lowest BCUT2D eigenvalue weighted by atomic mass is 10.1. The summed E-state index contributed by atoms with van der Waals surface area (Å²) < 4.78 is 0. The standard InChI is InChI=1S/C16H17ClN2/c1-11(13-6-4-3-5-7-13)19-10-15-14(12(19)2)8-9-16(17)18-15/h3-9,11-12H,10H2,1-2H3. The molecule has 2 unspecified atom stereocenters. The van der Waals surface area contributed by atoms with Gasteiger partial charge in [-0.05, 0) is 31.0 Å². The van der Waals surface area contributed by atoms with Gasteiger partial charge in [0.05, 0.1) is 5.69 Å². The molecule has 0 N–H and O–H groups in total. The van der Waals surface area contributed by atoms with Gasteiger partial charge < -0.3 is 0 Å². The van der Waals surface area contributed by atoms with Gasteiger partial charge in [-0.25, -0.2) is 4.98 Å². The molecule has 0 saturated carbocycles. The molecule has 1 aromatic heterocycles. The molecule has 1 aliphatic rings. The molecule has 19 heavy (non-hydrogen) atoms. The van der Waals surface area contributed by atoms with Crippen LogP contribution in [0.4, 0.5) is 0 Å². The maximum atomic E-state index is 5.99. The summed E-state index contributed by atoms with van der Waals surface area (Å²) in [7, 11) is 0. The lowest BCUT2D eigenvalue weighted by Gasteiger charge is -2.28. The molecule has 1 aromatic carbocycles. The number of aromatic nitrogens is 1. The summed E-state index contributed by atoms with van der Waals surface area (Å²) >= 11 is 5.99. The molecule has 0 spiro atoms. The van der Waals surface area contributed by atoms with Crippen molar-refractivity contribution in [3.8, 4) is 0 Å². The molecule has 2 heterocycles. The van der Waals surface area contributed by atoms with Gasteiger partial charge in [0.2, 0.25) is 0 Å². The van der Waals surface area contributed by atoms with E-state index in [2.05, 4.69) is 60.1 Å². The molecule has 2 nitrogen and oxygen atoms in total. The largest absolute Gasteiger partial charge is 0.284 e. The number of halogens is 1. The van der Waals surface area contributed by atoms with E-state index in [1.165, 1.54) is 11.1 Å². The Morgan fingerprint density at radius 2 is 1.95 bits per heavy atom. The second-order valence-corrected chi connectivity index (χ2v) is 5.49. The van der Waals surface area contributed by atoms with Crippen LogP contribution in [-0.4, -0.2) is 9.88 Å². The summed E-state index contributed by atoms with van der Waals surface area (Å²) in [6.45, 7) is 5.35. The van der Waals surface area contributed by atoms with E-state index in [4.69, 9.17) is 11.6 Å². The van der Waals surface area contributed by atoms with Crippen molar-refractivity contribution in [1.82, 2.24) is 9.88 Å². The van der Waals surface area contributed by atoms with E-state index in [0.29, 0.717) is 17.2 Å². The van der Waals surface area contributed by atoms with Crippen molar-refractivity contribution in [1.29, 1.82) is 0 Å². The maximum absolute atomic E-state index is 5.99. The van der Waals surface area contributed by atoms with Gasteiger partial charge in [-0.15, -0.1) is 0 Å². The van der Waals surface area contributed by atoms with E-state index in [9.17, 15) is 0 Å². The second-order valence-electron chi connectivity index (χ2n) is 5.10. The molecule has 0 amide bonds. The molecule has 3 rings (SSSR count). The number of fused-ring (bicyclic) bond motifs is 1. The van der Waals surface area contributed by atoms with E-state index < -0.39 is 0 Å². The van der Waals surface area contributed by atoms with Gasteiger partial charge in [0, 0.05) is 18.6 Å². The van der Waals surface area contributed by atoms with E-state index >= 15 is 0 Å². The average Bonchev–Trinajstić information content (AvgIpc) is 2.75. The Hall–Kier alpha value is -1.38. The lowest BCUT2D eigenvalue weighted by Crippen LogP contribution is -2.24. The molecule has 0 bridgehead atoms. The molecular weight excluding hydrogens is 256 g/mol. The SMILES string of the molecule is CC(c1ccccc1)N1Cc2nc(Cl)ccc2C1C. The van der Waals surface area contributed by atoms with Crippen molar-refractivity contribution in [2.24, 2.45) is 0 Å². The summed E-state index contributed by atoms with van der Waals surface area (Å²) in [5.74, 6) is 0. The third kappa shape index (κ3) is 2.26. The molecule has 0 radical (unpaired) electrons. The van der Waals surface area contributed by atoms with Gasteiger partial charge >= 0.3 is 0 Å². The van der Waals surface area contributed by atoms with Crippen molar-refractivity contribution in [3.05, 3.63) is 64.4 Å². The van der Waals surface area contributed by atoms with Crippen LogP contribution in [0.25, 0.3) is 0 Å². The lowest BCUT2D eigenvalue weighted by molar-refractivity contribution is 0.168. The Balaban J connectivity index is 1.89. The Bertz CT molecular complexity index is 583. The maximum Gasteiger partial charge on any atom is 0.129 e. The van der Waals surface area contributed by atoms with Gasteiger partial charge in [0.15, 0.2) is 0 Å². The summed E-state index contributed by atoms with van der Waals surface area (Å²) in [5.41, 5.74) is 3.75. The molecule has 1 aliphatic heterocycles. The first-order chi connectivity index (χ1) is 9.16. The Labute approximate surface area is 119 Å². The topological polar surface area (TPSA) is 16.1 Å². The van der Waals surface area contributed by atoms with Crippen molar-refractivity contribution >= 4 is 11.6 Å². The number of benzene rings is 1. The summed E-state index contributed by atoms with van der Waals surface area (Å²) in [6.07, 6.45) is 0. The molecular formula is C16H17ClN2. The van der Waals surface area contributed by atoms with Crippen LogP contribution in [0.15, 0.2) is 42.5 Å². The third-order valence-electron chi connectivity index (χ3n) is 4.03. The second kappa shape index (κ2) is 4.95. The highest BCUT2D eigenvalue weighted by Gasteiger charge is 2.31. The van der Waals surface area contributed by atoms with E-state index in [1.807, 2.05) is 6.07 Å². The highest BCUT2D eigenvalue weighted by atomic mass is 35.5. The average molecular weight is 273 g/mol. The Kier molecular flexibility index (Phi) is 3.29. The zero-order valence-corrected chi connectivity index (χ0v) is 11.9. The molecule has 2 aromatic rings. The minimum atomic E-state index is 0.379. The fourth-order valence-corrected chi connectivity index (χ4v) is 3.04. The van der Waals surface area contributed by atoms with Gasteiger partial charge in [-0.1, -0.05) is 48.0 Å². The molecule has 0 fully saturated rings. The van der Waals surface area contributed by atoms with Crippen LogP contribution in [0.2, 0.25) is 5.15 Å². The molecule has 3 heteroatoms. The monoisotopic (exact) mass is 272 g/mol. The van der Waals surface area contributed by atoms with Crippen LogP contribution in [0.5, 0.6) is 0 Å². The summed E-state index contributed by atoms with van der Waals surface area (Å²) in [6, 6.07) is 15.4. The third-order valence-corrected chi connectivity index (χ3v) is 4.25. The predicted molar refractivity (Wildman–Crippen MR) is 78.1 cm³/mol. The number of hydrogen-bond acceptors (Lipinski definition) is 2. The first-order valence-electron chi connectivity index (χ1n) is 6.63. The van der Waals surface area contributed by atoms with Crippen LogP contribution in [0.1, 0.15) is 42.8 Å². The fraction of sp³-hybridized carbons (Fsp3) is 0.312. The van der Waals surface area contributed by atoms with Crippen LogP contribution in [-0.2, 0) is 6.54 Å². The summed E-state index contributed by atoms with van der Waals surface area (Å²) in [4.78, 5) is 6.92. The van der Waals surface area contributed by atoms with Gasteiger partial charge in [0.1, 0.15) is 5.15 Å². The van der Waals surface area contributed by atoms with E-state index in [1.54, 1.807) is 0 Å². The van der Waals surface area contributed by atoms with Crippen LogP contribution >= 0.6 is 11.6 Å². The molecule has 2 atom stereocenters. The van der Waals surface area contributed by atoms with Crippen LogP contribution in [0.3, 0.4) is 0 Å². The predicted octanol–water partition coefficient (Wildman–Crippen LogP) is 4.37. The molecule has 0 saturated heterocycles. The number of nitrogens with zero attached hydrogens (tertiary/aromatic N) is 2. The number of hydrogen-bond donors (Lipinski definition) is 0. The molecule has 98 valence electrons. The van der Waals surface area contributed by atoms with Gasteiger partial charge in [0.25, 0.3) is 0 Å². The zero-order chi connectivity index (χ0) is 13.4. The van der Waals surface area contributed by atoms with Crippen LogP contribution in [0, 0.1) is 0 Å². The smallest absolute Gasteiger partial charge is 0.129 e. The minimum Gasteiger partial charge on any atom is -0.284 e. The quantitative estimate of drug-likeness (QED) is 0.755. The van der Waals surface area contributed by atoms with Crippen molar-refractivity contribution in [2.45, 2.75) is 32.5 Å². The summed E-state index contributed by atoms with van der Waals surface area (Å²) in [5, 5.41) is 0.583. The number of pyridine rings is 1. The Morgan fingerprint density at radius 1 is 1.21 bits per heavy atom. The van der Waals surface area contributed by atoms with Gasteiger partial charge in [-0.2, -0.15) is 0 Å². The van der Waals surface area contributed by atoms with E-state index in [0.717, 1.165) is 12.2 Å². The fourth-order valence-electron chi connectivity index (χ4n) is 2.88.